The lowest BCUT2D eigenvalue weighted by Crippen LogP contribution is -2.53. The first-order valence-corrected chi connectivity index (χ1v) is 6.58. The van der Waals surface area contributed by atoms with E-state index in [4.69, 9.17) is 17.3 Å². The van der Waals surface area contributed by atoms with E-state index in [1.807, 2.05) is 0 Å². The van der Waals surface area contributed by atoms with Gasteiger partial charge in [0.25, 0.3) is 11.8 Å². The van der Waals surface area contributed by atoms with Crippen LogP contribution in [0.3, 0.4) is 0 Å². The predicted octanol–water partition coefficient (Wildman–Crippen LogP) is 5.05. The number of aryl methyl sites for hydroxylation is 1. The second-order valence-corrected chi connectivity index (χ2v) is 5.69. The number of halogens is 5. The summed E-state index contributed by atoms with van der Waals surface area (Å²) in [5.74, 6) is -7.26. The van der Waals surface area contributed by atoms with Crippen LogP contribution in [0, 0.1) is 0 Å². The zero-order valence-corrected chi connectivity index (χ0v) is 12.6. The highest BCUT2D eigenvalue weighted by Gasteiger charge is 2.61. The van der Waals surface area contributed by atoms with Gasteiger partial charge in [-0.05, 0) is 30.5 Å². The van der Waals surface area contributed by atoms with Crippen LogP contribution in [0.15, 0.2) is 12.1 Å². The molecule has 6 heteroatoms. The van der Waals surface area contributed by atoms with E-state index in [0.717, 1.165) is 13.0 Å². The van der Waals surface area contributed by atoms with E-state index >= 15 is 0 Å². The molecule has 1 aromatic carbocycles. The molecule has 1 nitrogen and oxygen atoms in total. The lowest BCUT2D eigenvalue weighted by molar-refractivity contribution is -0.170. The summed E-state index contributed by atoms with van der Waals surface area (Å²) in [5, 5.41) is 0.0130. The van der Waals surface area contributed by atoms with Crippen molar-refractivity contribution in [2.24, 2.45) is 0 Å². The second-order valence-electron chi connectivity index (χ2n) is 5.29. The Bertz CT molecular complexity index is 489. The molecule has 0 atom stereocenters. The SMILES string of the molecule is CCc1cc(C(C)(C(C)(F)F)C(C)(F)F)cc(Cl)c1N. The molecule has 0 aromatic heterocycles. The van der Waals surface area contributed by atoms with Crippen LogP contribution in [0.5, 0.6) is 0 Å². The minimum Gasteiger partial charge on any atom is -0.397 e. The van der Waals surface area contributed by atoms with Crippen LogP contribution in [0.25, 0.3) is 0 Å². The minimum atomic E-state index is -3.63. The van der Waals surface area contributed by atoms with Crippen LogP contribution in [0.1, 0.15) is 38.8 Å². The minimum absolute atomic E-state index is 0.0130. The van der Waals surface area contributed by atoms with Crippen LogP contribution < -0.4 is 5.73 Å². The van der Waals surface area contributed by atoms with E-state index < -0.39 is 17.3 Å². The van der Waals surface area contributed by atoms with Crippen LogP contribution in [0.2, 0.25) is 5.02 Å². The van der Waals surface area contributed by atoms with Crippen molar-refractivity contribution in [2.45, 2.75) is 51.4 Å². The maximum Gasteiger partial charge on any atom is 0.260 e. The Labute approximate surface area is 121 Å². The fraction of sp³-hybridized carbons (Fsp3) is 0.571. The molecular formula is C14H18ClF4N. The number of hydrogen-bond acceptors (Lipinski definition) is 1. The van der Waals surface area contributed by atoms with Gasteiger partial charge < -0.3 is 5.73 Å². The summed E-state index contributed by atoms with van der Waals surface area (Å²) in [6.07, 6.45) is 0.417. The molecule has 0 aliphatic carbocycles. The first-order chi connectivity index (χ1) is 8.86. The standard InChI is InChI=1S/C14H18ClF4N/c1-5-8-6-9(7-10(15)11(8)20)12(2,13(3,16)17)14(4,18)19/h6-7H,5,20H2,1-4H3. The fourth-order valence-electron chi connectivity index (χ4n) is 2.15. The Hall–Kier alpha value is -0.970. The number of alkyl halides is 4. The average molecular weight is 312 g/mol. The molecule has 0 saturated heterocycles. The van der Waals surface area contributed by atoms with Gasteiger partial charge >= 0.3 is 0 Å². The number of nitrogens with two attached hydrogens (primary N) is 1. The molecule has 0 spiro atoms. The summed E-state index contributed by atoms with van der Waals surface area (Å²) in [6.45, 7) is 3.56. The van der Waals surface area contributed by atoms with Crippen molar-refractivity contribution in [2.75, 3.05) is 5.73 Å². The van der Waals surface area contributed by atoms with Crippen molar-refractivity contribution in [3.63, 3.8) is 0 Å². The lowest BCUT2D eigenvalue weighted by Gasteiger charge is -2.40. The van der Waals surface area contributed by atoms with Gasteiger partial charge in [0.2, 0.25) is 0 Å². The van der Waals surface area contributed by atoms with Gasteiger partial charge in [0, 0.05) is 13.8 Å². The van der Waals surface area contributed by atoms with Gasteiger partial charge in [-0.3, -0.25) is 0 Å². The van der Waals surface area contributed by atoms with Crippen molar-refractivity contribution in [1.82, 2.24) is 0 Å². The monoisotopic (exact) mass is 311 g/mol. The van der Waals surface area contributed by atoms with E-state index in [-0.39, 0.29) is 16.3 Å². The molecule has 0 heterocycles. The van der Waals surface area contributed by atoms with E-state index in [2.05, 4.69) is 0 Å². The van der Waals surface area contributed by atoms with Crippen LogP contribution in [-0.4, -0.2) is 11.8 Å². The van der Waals surface area contributed by atoms with Gasteiger partial charge in [-0.15, -0.1) is 0 Å². The smallest absolute Gasteiger partial charge is 0.260 e. The maximum absolute atomic E-state index is 13.9. The van der Waals surface area contributed by atoms with Crippen LogP contribution in [-0.2, 0) is 11.8 Å². The number of anilines is 1. The van der Waals surface area contributed by atoms with Gasteiger partial charge in [0.05, 0.1) is 10.7 Å². The van der Waals surface area contributed by atoms with Gasteiger partial charge in [-0.2, -0.15) is 0 Å². The molecule has 114 valence electrons. The third kappa shape index (κ3) is 2.60. The number of nitrogen functional groups attached to an aromatic ring is 1. The number of benzene rings is 1. The molecule has 1 rings (SSSR count). The van der Waals surface area contributed by atoms with E-state index in [1.54, 1.807) is 6.92 Å². The summed E-state index contributed by atoms with van der Waals surface area (Å²) in [5.41, 5.74) is 3.55. The van der Waals surface area contributed by atoms with Crippen molar-refractivity contribution < 1.29 is 17.6 Å². The topological polar surface area (TPSA) is 26.0 Å². The van der Waals surface area contributed by atoms with Crippen LogP contribution in [0.4, 0.5) is 23.2 Å². The van der Waals surface area contributed by atoms with Gasteiger partial charge in [-0.1, -0.05) is 24.6 Å². The Morgan fingerprint density at radius 1 is 1.05 bits per heavy atom. The highest BCUT2D eigenvalue weighted by molar-refractivity contribution is 6.33. The third-order valence-corrected chi connectivity index (χ3v) is 4.24. The molecule has 0 bridgehead atoms. The largest absolute Gasteiger partial charge is 0.397 e. The van der Waals surface area contributed by atoms with Crippen molar-refractivity contribution in [1.29, 1.82) is 0 Å². The molecule has 0 radical (unpaired) electrons. The Morgan fingerprint density at radius 3 is 1.85 bits per heavy atom. The van der Waals surface area contributed by atoms with Crippen molar-refractivity contribution >= 4 is 17.3 Å². The zero-order chi connectivity index (χ0) is 15.9. The molecule has 1 aromatic rings. The number of hydrogen-bond donors (Lipinski definition) is 1. The maximum atomic E-state index is 13.9. The quantitative estimate of drug-likeness (QED) is 0.611. The molecule has 0 saturated carbocycles. The molecular weight excluding hydrogens is 294 g/mol. The fourth-order valence-corrected chi connectivity index (χ4v) is 2.39. The molecule has 0 aliphatic heterocycles. The third-order valence-electron chi connectivity index (χ3n) is 3.93. The molecule has 0 unspecified atom stereocenters. The van der Waals surface area contributed by atoms with E-state index in [9.17, 15) is 17.6 Å². The molecule has 0 amide bonds. The summed E-state index contributed by atoms with van der Waals surface area (Å²) < 4.78 is 55.5. The van der Waals surface area contributed by atoms with E-state index in [0.29, 0.717) is 25.8 Å². The predicted molar refractivity (Wildman–Crippen MR) is 73.8 cm³/mol. The normalized spacial score (nSPS) is 13.7. The van der Waals surface area contributed by atoms with Crippen molar-refractivity contribution in [3.05, 3.63) is 28.3 Å². The van der Waals surface area contributed by atoms with Gasteiger partial charge in [0.15, 0.2) is 0 Å². The summed E-state index contributed by atoms with van der Waals surface area (Å²) in [4.78, 5) is 0. The zero-order valence-electron chi connectivity index (χ0n) is 11.8. The first kappa shape index (κ1) is 17.1. The summed E-state index contributed by atoms with van der Waals surface area (Å²) in [6, 6.07) is 2.39. The average Bonchev–Trinajstić information content (AvgIpc) is 2.28. The van der Waals surface area contributed by atoms with E-state index in [1.165, 1.54) is 6.07 Å². The van der Waals surface area contributed by atoms with Crippen molar-refractivity contribution in [3.8, 4) is 0 Å². The Kier molecular flexibility index (Phi) is 4.35. The molecule has 2 N–H and O–H groups in total. The second kappa shape index (κ2) is 5.10. The molecule has 0 fully saturated rings. The Morgan fingerprint density at radius 2 is 1.50 bits per heavy atom. The highest BCUT2D eigenvalue weighted by atomic mass is 35.5. The van der Waals surface area contributed by atoms with Gasteiger partial charge in [0.1, 0.15) is 5.41 Å². The Balaban J connectivity index is 3.65. The number of rotatable bonds is 4. The molecule has 20 heavy (non-hydrogen) atoms. The first-order valence-electron chi connectivity index (χ1n) is 6.20. The highest BCUT2D eigenvalue weighted by Crippen LogP contribution is 2.50. The summed E-state index contributed by atoms with van der Waals surface area (Å²) in [7, 11) is 0. The summed E-state index contributed by atoms with van der Waals surface area (Å²) >= 11 is 5.89. The lowest BCUT2D eigenvalue weighted by atomic mass is 9.72. The molecule has 0 aliphatic rings. The van der Waals surface area contributed by atoms with Gasteiger partial charge in [-0.25, -0.2) is 17.6 Å². The van der Waals surface area contributed by atoms with Crippen LogP contribution >= 0.6 is 11.6 Å².